The molecule has 3 aromatic rings. The lowest BCUT2D eigenvalue weighted by Crippen LogP contribution is -1.93. The Morgan fingerprint density at radius 1 is 1.00 bits per heavy atom. The molecule has 0 radical (unpaired) electrons. The monoisotopic (exact) mass is 257 g/mol. The number of benzene rings is 2. The molecule has 18 heavy (non-hydrogen) atoms. The summed E-state index contributed by atoms with van der Waals surface area (Å²) < 4.78 is 0. The van der Waals surface area contributed by atoms with Crippen LogP contribution in [0.3, 0.4) is 0 Å². The van der Waals surface area contributed by atoms with Crippen LogP contribution >= 0.6 is 11.6 Å². The predicted molar refractivity (Wildman–Crippen MR) is 69.5 cm³/mol. The van der Waals surface area contributed by atoms with Crippen LogP contribution < -0.4 is 0 Å². The molecular weight excluding hydrogens is 250 g/mol. The highest BCUT2D eigenvalue weighted by Gasteiger charge is 2.13. The quantitative estimate of drug-likeness (QED) is 0.718. The highest BCUT2D eigenvalue weighted by molar-refractivity contribution is 6.68. The topological polar surface area (TPSA) is 58.6 Å². The fourth-order valence-corrected chi connectivity index (χ4v) is 2.14. The summed E-state index contributed by atoms with van der Waals surface area (Å²) in [5.41, 5.74) is 3.55. The van der Waals surface area contributed by atoms with E-state index in [-0.39, 0.29) is 0 Å². The van der Waals surface area contributed by atoms with Crippen LogP contribution in [-0.2, 0) is 0 Å². The standard InChI is InChI=1S/C13H8ClN3O/c14-13(18)10-5-2-1-4-8(10)9-6-3-7-11-12(9)16-17-15-11/h1-7H,(H,15,16,17). The van der Waals surface area contributed by atoms with Crippen LogP contribution in [0.15, 0.2) is 42.5 Å². The Balaban J connectivity index is 2.33. The number of hydrogen-bond donors (Lipinski definition) is 1. The van der Waals surface area contributed by atoms with Crippen molar-refractivity contribution in [1.82, 2.24) is 15.4 Å². The zero-order valence-electron chi connectivity index (χ0n) is 9.22. The van der Waals surface area contributed by atoms with Gasteiger partial charge in [0.25, 0.3) is 5.24 Å². The maximum absolute atomic E-state index is 11.4. The third-order valence-corrected chi connectivity index (χ3v) is 2.98. The summed E-state index contributed by atoms with van der Waals surface area (Å²) in [6.07, 6.45) is 0. The number of para-hydroxylation sites is 1. The molecule has 5 heteroatoms. The van der Waals surface area contributed by atoms with Crippen LogP contribution in [0.1, 0.15) is 10.4 Å². The second kappa shape index (κ2) is 4.23. The second-order valence-electron chi connectivity index (χ2n) is 3.82. The Kier molecular flexibility index (Phi) is 2.57. The molecule has 0 aliphatic carbocycles. The zero-order valence-corrected chi connectivity index (χ0v) is 9.98. The summed E-state index contributed by atoms with van der Waals surface area (Å²) in [5.74, 6) is 0. The van der Waals surface area contributed by atoms with Crippen molar-refractivity contribution in [1.29, 1.82) is 0 Å². The Morgan fingerprint density at radius 2 is 1.78 bits per heavy atom. The highest BCUT2D eigenvalue weighted by Crippen LogP contribution is 2.29. The Labute approximate surface area is 108 Å². The van der Waals surface area contributed by atoms with Gasteiger partial charge >= 0.3 is 0 Å². The van der Waals surface area contributed by atoms with E-state index >= 15 is 0 Å². The molecular formula is C13H8ClN3O. The third kappa shape index (κ3) is 1.67. The van der Waals surface area contributed by atoms with Crippen molar-refractivity contribution in [3.8, 4) is 11.1 Å². The first-order valence-electron chi connectivity index (χ1n) is 5.36. The number of aromatic nitrogens is 3. The molecule has 1 N–H and O–H groups in total. The molecule has 0 amide bonds. The van der Waals surface area contributed by atoms with Crippen molar-refractivity contribution >= 4 is 27.9 Å². The minimum absolute atomic E-state index is 0.467. The number of carbonyl (C=O) groups excluding carboxylic acids is 1. The molecule has 3 rings (SSSR count). The SMILES string of the molecule is O=C(Cl)c1ccccc1-c1cccc2n[nH]nc12. The van der Waals surface area contributed by atoms with Crippen molar-refractivity contribution in [3.05, 3.63) is 48.0 Å². The Hall–Kier alpha value is -2.20. The number of fused-ring (bicyclic) bond motifs is 1. The molecule has 0 saturated heterocycles. The van der Waals surface area contributed by atoms with E-state index in [0.29, 0.717) is 5.56 Å². The van der Waals surface area contributed by atoms with Crippen LogP contribution in [0, 0.1) is 0 Å². The van der Waals surface area contributed by atoms with Gasteiger partial charge in [0.05, 0.1) is 0 Å². The molecule has 0 bridgehead atoms. The number of nitrogens with one attached hydrogen (secondary N) is 1. The van der Waals surface area contributed by atoms with Gasteiger partial charge in [0.15, 0.2) is 0 Å². The fraction of sp³-hybridized carbons (Fsp3) is 0. The number of carbonyl (C=O) groups is 1. The van der Waals surface area contributed by atoms with Gasteiger partial charge in [-0.2, -0.15) is 15.4 Å². The first-order chi connectivity index (χ1) is 8.77. The number of halogens is 1. The van der Waals surface area contributed by atoms with Gasteiger partial charge in [-0.05, 0) is 29.3 Å². The molecule has 0 aliphatic heterocycles. The van der Waals surface area contributed by atoms with Crippen LogP contribution in [0.5, 0.6) is 0 Å². The molecule has 2 aromatic carbocycles. The van der Waals surface area contributed by atoms with Gasteiger partial charge in [0.2, 0.25) is 0 Å². The van der Waals surface area contributed by atoms with Gasteiger partial charge in [-0.3, -0.25) is 4.79 Å². The minimum atomic E-state index is -0.480. The van der Waals surface area contributed by atoms with Gasteiger partial charge in [-0.1, -0.05) is 30.3 Å². The summed E-state index contributed by atoms with van der Waals surface area (Å²) in [6.45, 7) is 0. The maximum Gasteiger partial charge on any atom is 0.253 e. The summed E-state index contributed by atoms with van der Waals surface area (Å²) in [6, 6.07) is 12.8. The van der Waals surface area contributed by atoms with Gasteiger partial charge in [-0.15, -0.1) is 0 Å². The molecule has 4 nitrogen and oxygen atoms in total. The van der Waals surface area contributed by atoms with Crippen molar-refractivity contribution in [2.24, 2.45) is 0 Å². The zero-order chi connectivity index (χ0) is 12.5. The van der Waals surface area contributed by atoms with Crippen molar-refractivity contribution in [3.63, 3.8) is 0 Å². The lowest BCUT2D eigenvalue weighted by atomic mass is 9.99. The number of rotatable bonds is 2. The lowest BCUT2D eigenvalue weighted by Gasteiger charge is -2.06. The maximum atomic E-state index is 11.4. The molecule has 0 fully saturated rings. The van der Waals surface area contributed by atoms with Gasteiger partial charge in [-0.25, -0.2) is 0 Å². The third-order valence-electron chi connectivity index (χ3n) is 2.78. The van der Waals surface area contributed by atoms with Crippen LogP contribution in [0.2, 0.25) is 0 Å². The van der Waals surface area contributed by atoms with E-state index in [1.165, 1.54) is 0 Å². The van der Waals surface area contributed by atoms with Crippen LogP contribution in [0.25, 0.3) is 22.2 Å². The van der Waals surface area contributed by atoms with Crippen LogP contribution in [-0.4, -0.2) is 20.7 Å². The summed E-state index contributed by atoms with van der Waals surface area (Å²) >= 11 is 5.60. The average Bonchev–Trinajstić information content (AvgIpc) is 2.86. The summed E-state index contributed by atoms with van der Waals surface area (Å²) in [7, 11) is 0. The van der Waals surface area contributed by atoms with Gasteiger partial charge in [0, 0.05) is 11.1 Å². The largest absolute Gasteiger partial charge is 0.276 e. The minimum Gasteiger partial charge on any atom is -0.276 e. The molecule has 0 aliphatic rings. The smallest absolute Gasteiger partial charge is 0.253 e. The van der Waals surface area contributed by atoms with Gasteiger partial charge < -0.3 is 0 Å². The van der Waals surface area contributed by atoms with E-state index in [0.717, 1.165) is 22.2 Å². The number of nitrogens with zero attached hydrogens (tertiary/aromatic N) is 2. The first-order valence-corrected chi connectivity index (χ1v) is 5.74. The first kappa shape index (κ1) is 10.9. The molecule has 1 aromatic heterocycles. The second-order valence-corrected chi connectivity index (χ2v) is 4.16. The highest BCUT2D eigenvalue weighted by atomic mass is 35.5. The molecule has 0 saturated carbocycles. The van der Waals surface area contributed by atoms with Gasteiger partial charge in [0.1, 0.15) is 11.0 Å². The molecule has 0 atom stereocenters. The van der Waals surface area contributed by atoms with Crippen LogP contribution in [0.4, 0.5) is 0 Å². The van der Waals surface area contributed by atoms with E-state index in [2.05, 4.69) is 15.4 Å². The van der Waals surface area contributed by atoms with Crippen molar-refractivity contribution in [2.75, 3.05) is 0 Å². The molecule has 0 unspecified atom stereocenters. The number of H-pyrrole nitrogens is 1. The number of aromatic amines is 1. The average molecular weight is 258 g/mol. The summed E-state index contributed by atoms with van der Waals surface area (Å²) in [5, 5.41) is 10.2. The summed E-state index contributed by atoms with van der Waals surface area (Å²) in [4.78, 5) is 11.4. The lowest BCUT2D eigenvalue weighted by molar-refractivity contribution is 0.108. The molecule has 88 valence electrons. The van der Waals surface area contributed by atoms with Crippen molar-refractivity contribution < 1.29 is 4.79 Å². The van der Waals surface area contributed by atoms with Crippen molar-refractivity contribution in [2.45, 2.75) is 0 Å². The normalized spacial score (nSPS) is 10.7. The van der Waals surface area contributed by atoms with E-state index in [1.54, 1.807) is 12.1 Å². The Bertz CT molecular complexity index is 736. The molecule has 1 heterocycles. The fourth-order valence-electron chi connectivity index (χ4n) is 1.97. The van der Waals surface area contributed by atoms with E-state index in [4.69, 9.17) is 11.6 Å². The Morgan fingerprint density at radius 3 is 2.61 bits per heavy atom. The van der Waals surface area contributed by atoms with E-state index in [1.807, 2.05) is 30.3 Å². The van der Waals surface area contributed by atoms with E-state index < -0.39 is 5.24 Å². The number of hydrogen-bond acceptors (Lipinski definition) is 3. The molecule has 0 spiro atoms. The van der Waals surface area contributed by atoms with E-state index in [9.17, 15) is 4.79 Å². The predicted octanol–water partition coefficient (Wildman–Crippen LogP) is 3.00.